The monoisotopic (exact) mass is 334 g/mol. The third-order valence-electron chi connectivity index (χ3n) is 3.43. The molecule has 0 aliphatic carbocycles. The van der Waals surface area contributed by atoms with Gasteiger partial charge in [0, 0.05) is 43.4 Å². The molecule has 0 bridgehead atoms. The van der Waals surface area contributed by atoms with Gasteiger partial charge < -0.3 is 10.4 Å². The second kappa shape index (κ2) is 7.74. The van der Waals surface area contributed by atoms with Gasteiger partial charge in [-0.15, -0.1) is 0 Å². The second-order valence-electron chi connectivity index (χ2n) is 5.26. The number of aliphatic hydroxyl groups is 1. The van der Waals surface area contributed by atoms with Gasteiger partial charge in [-0.3, -0.25) is 14.6 Å². The van der Waals surface area contributed by atoms with Crippen molar-refractivity contribution in [2.75, 3.05) is 6.61 Å². The molecule has 2 N–H and O–H groups in total. The van der Waals surface area contributed by atoms with Crippen LogP contribution in [-0.4, -0.2) is 28.4 Å². The van der Waals surface area contributed by atoms with E-state index in [1.807, 2.05) is 0 Å². The van der Waals surface area contributed by atoms with Gasteiger partial charge in [-0.05, 0) is 17.2 Å². The number of nitrogens with one attached hydrogen (secondary N) is 1. The van der Waals surface area contributed by atoms with E-state index in [1.54, 1.807) is 0 Å². The van der Waals surface area contributed by atoms with E-state index in [9.17, 15) is 18.4 Å². The molecule has 5 nitrogen and oxygen atoms in total. The molecule has 0 aliphatic heterocycles. The maximum atomic E-state index is 14.2. The SMILES string of the molecule is CC(=O)NCc1ccc(Cc2cncc(C(=O)CO)c2)c(F)c1F. The minimum Gasteiger partial charge on any atom is -0.388 e. The van der Waals surface area contributed by atoms with Gasteiger partial charge in [0.1, 0.15) is 6.61 Å². The molecule has 0 aliphatic rings. The number of pyridine rings is 1. The molecule has 0 spiro atoms. The Morgan fingerprint density at radius 3 is 2.50 bits per heavy atom. The molecule has 126 valence electrons. The van der Waals surface area contributed by atoms with Gasteiger partial charge in [0.15, 0.2) is 17.4 Å². The Morgan fingerprint density at radius 1 is 1.17 bits per heavy atom. The summed E-state index contributed by atoms with van der Waals surface area (Å²) in [5, 5.41) is 11.3. The van der Waals surface area contributed by atoms with E-state index >= 15 is 0 Å². The van der Waals surface area contributed by atoms with Crippen molar-refractivity contribution in [1.82, 2.24) is 10.3 Å². The Hall–Kier alpha value is -2.67. The number of aromatic nitrogens is 1. The maximum Gasteiger partial charge on any atom is 0.217 e. The summed E-state index contributed by atoms with van der Waals surface area (Å²) in [4.78, 5) is 26.2. The number of carbonyl (C=O) groups is 2. The first kappa shape index (κ1) is 17.7. The summed E-state index contributed by atoms with van der Waals surface area (Å²) in [6, 6.07) is 4.31. The molecule has 1 amide bonds. The number of Topliss-reactive ketones (excluding diaryl/α,β-unsaturated/α-hetero) is 1. The van der Waals surface area contributed by atoms with Crippen molar-refractivity contribution in [1.29, 1.82) is 0 Å². The zero-order chi connectivity index (χ0) is 17.7. The number of aliphatic hydroxyl groups excluding tert-OH is 1. The first-order chi connectivity index (χ1) is 11.4. The first-order valence-electron chi connectivity index (χ1n) is 7.20. The van der Waals surface area contributed by atoms with E-state index in [0.29, 0.717) is 5.56 Å². The molecule has 1 heterocycles. The van der Waals surface area contributed by atoms with Crippen molar-refractivity contribution in [3.05, 3.63) is 64.5 Å². The summed E-state index contributed by atoms with van der Waals surface area (Å²) >= 11 is 0. The van der Waals surface area contributed by atoms with Crippen LogP contribution >= 0.6 is 0 Å². The van der Waals surface area contributed by atoms with Crippen LogP contribution in [0.1, 0.15) is 34.0 Å². The highest BCUT2D eigenvalue weighted by Gasteiger charge is 2.15. The average molecular weight is 334 g/mol. The standard InChI is InChI=1S/C17H16F2N2O3/c1-10(23)21-8-13-3-2-12(16(18)17(13)19)4-11-5-14(7-20-6-11)15(24)9-22/h2-3,5-7,22H,4,8-9H2,1H3,(H,21,23). The topological polar surface area (TPSA) is 79.3 Å². The maximum absolute atomic E-state index is 14.2. The van der Waals surface area contributed by atoms with Crippen molar-refractivity contribution in [2.45, 2.75) is 19.9 Å². The van der Waals surface area contributed by atoms with E-state index in [1.165, 1.54) is 37.5 Å². The van der Waals surface area contributed by atoms with Crippen LogP contribution in [0.5, 0.6) is 0 Å². The number of ketones is 1. The summed E-state index contributed by atoms with van der Waals surface area (Å²) < 4.78 is 28.2. The molecule has 1 aromatic carbocycles. The van der Waals surface area contributed by atoms with Gasteiger partial charge >= 0.3 is 0 Å². The number of rotatable bonds is 6. The second-order valence-corrected chi connectivity index (χ2v) is 5.26. The highest BCUT2D eigenvalue weighted by Crippen LogP contribution is 2.19. The Morgan fingerprint density at radius 2 is 1.83 bits per heavy atom. The van der Waals surface area contributed by atoms with Crippen LogP contribution in [0.25, 0.3) is 0 Å². The van der Waals surface area contributed by atoms with Crippen LogP contribution in [0.4, 0.5) is 8.78 Å². The van der Waals surface area contributed by atoms with E-state index in [-0.39, 0.29) is 35.6 Å². The van der Waals surface area contributed by atoms with E-state index in [0.717, 1.165) is 0 Å². The smallest absolute Gasteiger partial charge is 0.217 e. The third-order valence-corrected chi connectivity index (χ3v) is 3.43. The molecule has 2 aromatic rings. The normalized spacial score (nSPS) is 10.5. The molecule has 0 saturated carbocycles. The van der Waals surface area contributed by atoms with Crippen LogP contribution in [0.15, 0.2) is 30.6 Å². The number of amides is 1. The van der Waals surface area contributed by atoms with Crippen molar-refractivity contribution >= 4 is 11.7 Å². The average Bonchev–Trinajstić information content (AvgIpc) is 2.57. The Balaban J connectivity index is 2.23. The highest BCUT2D eigenvalue weighted by atomic mass is 19.2. The number of benzene rings is 1. The van der Waals surface area contributed by atoms with E-state index in [2.05, 4.69) is 10.3 Å². The molecule has 0 fully saturated rings. The summed E-state index contributed by atoms with van der Waals surface area (Å²) in [6.45, 7) is 0.544. The van der Waals surface area contributed by atoms with Gasteiger partial charge in [-0.1, -0.05) is 12.1 Å². The number of nitrogens with zero attached hydrogens (tertiary/aromatic N) is 1. The predicted molar refractivity (Wildman–Crippen MR) is 82.3 cm³/mol. The van der Waals surface area contributed by atoms with Crippen LogP contribution in [0.2, 0.25) is 0 Å². The van der Waals surface area contributed by atoms with Crippen molar-refractivity contribution in [3.8, 4) is 0 Å². The molecule has 0 radical (unpaired) electrons. The minimum atomic E-state index is -1.02. The fourth-order valence-electron chi connectivity index (χ4n) is 2.17. The van der Waals surface area contributed by atoms with Crippen LogP contribution < -0.4 is 5.32 Å². The van der Waals surface area contributed by atoms with Gasteiger partial charge in [0.25, 0.3) is 0 Å². The summed E-state index contributed by atoms with van der Waals surface area (Å²) in [7, 11) is 0. The lowest BCUT2D eigenvalue weighted by Gasteiger charge is -2.09. The molecule has 0 atom stereocenters. The lowest BCUT2D eigenvalue weighted by Crippen LogP contribution is -2.20. The molecule has 24 heavy (non-hydrogen) atoms. The zero-order valence-electron chi connectivity index (χ0n) is 13.0. The highest BCUT2D eigenvalue weighted by molar-refractivity contribution is 5.96. The van der Waals surface area contributed by atoms with Gasteiger partial charge in [-0.2, -0.15) is 0 Å². The molecule has 1 aromatic heterocycles. The van der Waals surface area contributed by atoms with Gasteiger partial charge in [0.2, 0.25) is 5.91 Å². The predicted octanol–water partition coefficient (Wildman–Crippen LogP) is 1.76. The number of hydrogen-bond acceptors (Lipinski definition) is 4. The summed E-state index contributed by atoms with van der Waals surface area (Å²) in [5.74, 6) is -2.86. The fourth-order valence-corrected chi connectivity index (χ4v) is 2.17. The number of halogens is 2. The van der Waals surface area contributed by atoms with E-state index in [4.69, 9.17) is 5.11 Å². The van der Waals surface area contributed by atoms with Crippen LogP contribution in [-0.2, 0) is 17.8 Å². The Labute approximate surface area is 137 Å². The fraction of sp³-hybridized carbons (Fsp3) is 0.235. The molecule has 0 unspecified atom stereocenters. The lowest BCUT2D eigenvalue weighted by molar-refractivity contribution is -0.119. The van der Waals surface area contributed by atoms with Crippen molar-refractivity contribution in [3.63, 3.8) is 0 Å². The van der Waals surface area contributed by atoms with E-state index < -0.39 is 24.0 Å². The Bertz CT molecular complexity index is 778. The van der Waals surface area contributed by atoms with Crippen LogP contribution in [0, 0.1) is 11.6 Å². The molecule has 7 heteroatoms. The Kier molecular flexibility index (Phi) is 5.70. The van der Waals surface area contributed by atoms with Crippen LogP contribution in [0.3, 0.4) is 0 Å². The quantitative estimate of drug-likeness (QED) is 0.789. The van der Waals surface area contributed by atoms with Crippen molar-refractivity contribution in [2.24, 2.45) is 0 Å². The third kappa shape index (κ3) is 4.20. The molecule has 0 saturated heterocycles. The molecular weight excluding hydrogens is 318 g/mol. The first-order valence-corrected chi connectivity index (χ1v) is 7.20. The molecular formula is C17H16F2N2O3. The van der Waals surface area contributed by atoms with Gasteiger partial charge in [-0.25, -0.2) is 8.78 Å². The number of hydrogen-bond donors (Lipinski definition) is 2. The minimum absolute atomic E-state index is 0.0444. The summed E-state index contributed by atoms with van der Waals surface area (Å²) in [6.07, 6.45) is 2.79. The lowest BCUT2D eigenvalue weighted by atomic mass is 10.0. The van der Waals surface area contributed by atoms with Gasteiger partial charge in [0.05, 0.1) is 0 Å². The largest absolute Gasteiger partial charge is 0.388 e. The number of carbonyl (C=O) groups excluding carboxylic acids is 2. The van der Waals surface area contributed by atoms with Crippen molar-refractivity contribution < 1.29 is 23.5 Å². The zero-order valence-corrected chi connectivity index (χ0v) is 13.0. The molecule has 2 rings (SSSR count). The summed E-state index contributed by atoms with van der Waals surface area (Å²) in [5.41, 5.74) is 0.878.